The molecule has 5 nitrogen and oxygen atoms in total. The first-order valence-electron chi connectivity index (χ1n) is 9.58. The number of carbonyl (C=O) groups excluding carboxylic acids is 2. The number of thioether (sulfide) groups is 1. The van der Waals surface area contributed by atoms with E-state index in [9.17, 15) is 9.59 Å². The number of anilines is 1. The van der Waals surface area contributed by atoms with Crippen molar-refractivity contribution < 1.29 is 9.59 Å². The van der Waals surface area contributed by atoms with E-state index in [1.54, 1.807) is 11.8 Å². The monoisotopic (exact) mass is 373 g/mol. The number of urea groups is 1. The van der Waals surface area contributed by atoms with Crippen LogP contribution < -0.4 is 5.32 Å². The lowest BCUT2D eigenvalue weighted by Crippen LogP contribution is -2.53. The molecule has 1 N–H and O–H groups in total. The van der Waals surface area contributed by atoms with Crippen LogP contribution in [0.3, 0.4) is 0 Å². The normalized spacial score (nSPS) is 22.6. The fourth-order valence-corrected chi connectivity index (χ4v) is 4.72. The molecule has 1 aromatic rings. The molecule has 1 aliphatic carbocycles. The quantitative estimate of drug-likeness (QED) is 0.820. The average molecular weight is 374 g/mol. The second-order valence-corrected chi connectivity index (χ2v) is 8.78. The first-order chi connectivity index (χ1) is 12.6. The second-order valence-electron chi connectivity index (χ2n) is 7.90. The van der Waals surface area contributed by atoms with Crippen LogP contribution in [0, 0.1) is 5.41 Å². The fourth-order valence-electron chi connectivity index (χ4n) is 4.26. The molecule has 0 radical (unpaired) electrons. The first kappa shape index (κ1) is 17.7. The van der Waals surface area contributed by atoms with Crippen LogP contribution in [0.2, 0.25) is 0 Å². The van der Waals surface area contributed by atoms with Gasteiger partial charge in [-0.15, -0.1) is 11.8 Å². The standard InChI is InChI=1S/C20H27N3O2S/c1-26-17-4-2-3-15(13-17)21-19(25)22-11-9-20(10-12-22)8-7-18(24)23(14-20)16-5-6-16/h2-4,13,16H,5-12,14H2,1H3,(H,21,25). The Morgan fingerprint density at radius 3 is 2.69 bits per heavy atom. The summed E-state index contributed by atoms with van der Waals surface area (Å²) in [5, 5.41) is 3.03. The molecule has 3 amide bonds. The lowest BCUT2D eigenvalue weighted by atomic mass is 9.72. The molecule has 6 heteroatoms. The Kier molecular flexibility index (Phi) is 4.86. The Morgan fingerprint density at radius 1 is 1.23 bits per heavy atom. The molecule has 0 aromatic heterocycles. The number of benzene rings is 1. The van der Waals surface area contributed by atoms with Gasteiger partial charge in [-0.3, -0.25) is 4.79 Å². The number of nitrogens with one attached hydrogen (secondary N) is 1. The van der Waals surface area contributed by atoms with E-state index in [2.05, 4.69) is 10.2 Å². The minimum atomic E-state index is -0.0102. The van der Waals surface area contributed by atoms with Gasteiger partial charge < -0.3 is 15.1 Å². The number of piperidine rings is 2. The highest BCUT2D eigenvalue weighted by Gasteiger charge is 2.45. The van der Waals surface area contributed by atoms with Crippen LogP contribution in [0.25, 0.3) is 0 Å². The Labute approximate surface area is 159 Å². The number of carbonyl (C=O) groups is 2. The Hall–Kier alpha value is -1.69. The topological polar surface area (TPSA) is 52.7 Å². The number of nitrogens with zero attached hydrogens (tertiary/aromatic N) is 2. The highest BCUT2D eigenvalue weighted by molar-refractivity contribution is 7.98. The highest BCUT2D eigenvalue weighted by Crippen LogP contribution is 2.43. The third kappa shape index (κ3) is 3.70. The third-order valence-corrected chi connectivity index (χ3v) is 6.84. The van der Waals surface area contributed by atoms with Gasteiger partial charge in [-0.05, 0) is 62.0 Å². The summed E-state index contributed by atoms with van der Waals surface area (Å²) in [6.07, 6.45) is 8.05. The number of likely N-dealkylation sites (tertiary alicyclic amines) is 2. The van der Waals surface area contributed by atoms with Crippen molar-refractivity contribution in [3.8, 4) is 0 Å². The zero-order chi connectivity index (χ0) is 18.1. The molecular weight excluding hydrogens is 346 g/mol. The van der Waals surface area contributed by atoms with Crippen molar-refractivity contribution in [1.29, 1.82) is 0 Å². The van der Waals surface area contributed by atoms with Crippen molar-refractivity contribution in [1.82, 2.24) is 9.80 Å². The molecular formula is C20H27N3O2S. The minimum absolute atomic E-state index is 0.0102. The molecule has 0 unspecified atom stereocenters. The van der Waals surface area contributed by atoms with E-state index in [1.807, 2.05) is 35.4 Å². The molecule has 1 saturated carbocycles. The maximum atomic E-state index is 12.6. The van der Waals surface area contributed by atoms with Crippen molar-refractivity contribution in [3.05, 3.63) is 24.3 Å². The molecule has 3 aliphatic rings. The van der Waals surface area contributed by atoms with Gasteiger partial charge in [0.15, 0.2) is 0 Å². The molecule has 26 heavy (non-hydrogen) atoms. The van der Waals surface area contributed by atoms with E-state index in [-0.39, 0.29) is 11.4 Å². The van der Waals surface area contributed by atoms with Crippen LogP contribution >= 0.6 is 11.8 Å². The van der Waals surface area contributed by atoms with Crippen LogP contribution in [-0.4, -0.2) is 53.7 Å². The molecule has 1 spiro atoms. The van der Waals surface area contributed by atoms with E-state index >= 15 is 0 Å². The lowest BCUT2D eigenvalue weighted by Gasteiger charge is -2.47. The van der Waals surface area contributed by atoms with E-state index < -0.39 is 0 Å². The smallest absolute Gasteiger partial charge is 0.321 e. The molecule has 0 atom stereocenters. The van der Waals surface area contributed by atoms with Crippen LogP contribution in [0.5, 0.6) is 0 Å². The molecule has 2 aliphatic heterocycles. The molecule has 3 fully saturated rings. The summed E-state index contributed by atoms with van der Waals surface area (Å²) in [4.78, 5) is 30.0. The molecule has 4 rings (SSSR count). The van der Waals surface area contributed by atoms with Gasteiger partial charge in [-0.25, -0.2) is 4.79 Å². The average Bonchev–Trinajstić information content (AvgIpc) is 3.50. The second kappa shape index (κ2) is 7.14. The summed E-state index contributed by atoms with van der Waals surface area (Å²) in [5.41, 5.74) is 1.08. The van der Waals surface area contributed by atoms with Gasteiger partial charge in [-0.1, -0.05) is 6.07 Å². The van der Waals surface area contributed by atoms with E-state index in [1.165, 1.54) is 12.8 Å². The summed E-state index contributed by atoms with van der Waals surface area (Å²) in [6.45, 7) is 2.46. The maximum absolute atomic E-state index is 12.6. The van der Waals surface area contributed by atoms with Crippen LogP contribution in [-0.2, 0) is 4.79 Å². The van der Waals surface area contributed by atoms with Gasteiger partial charge >= 0.3 is 6.03 Å². The lowest BCUT2D eigenvalue weighted by molar-refractivity contribution is -0.139. The van der Waals surface area contributed by atoms with Crippen molar-refractivity contribution in [2.45, 2.75) is 49.5 Å². The van der Waals surface area contributed by atoms with Gasteiger partial charge in [0.05, 0.1) is 0 Å². The van der Waals surface area contributed by atoms with Crippen molar-refractivity contribution in [2.24, 2.45) is 5.41 Å². The van der Waals surface area contributed by atoms with Gasteiger partial charge in [-0.2, -0.15) is 0 Å². The van der Waals surface area contributed by atoms with Gasteiger partial charge in [0.1, 0.15) is 0 Å². The SMILES string of the molecule is CSc1cccc(NC(=O)N2CCC3(CCC(=O)N(C4CC4)C3)CC2)c1. The number of hydrogen-bond donors (Lipinski definition) is 1. The summed E-state index contributed by atoms with van der Waals surface area (Å²) in [5.74, 6) is 0.340. The number of hydrogen-bond acceptors (Lipinski definition) is 3. The number of rotatable bonds is 3. The van der Waals surface area contributed by atoms with Crippen LogP contribution in [0.1, 0.15) is 38.5 Å². The largest absolute Gasteiger partial charge is 0.339 e. The van der Waals surface area contributed by atoms with Crippen molar-refractivity contribution in [3.63, 3.8) is 0 Å². The zero-order valence-electron chi connectivity index (χ0n) is 15.4. The maximum Gasteiger partial charge on any atom is 0.321 e. The van der Waals surface area contributed by atoms with Gasteiger partial charge in [0, 0.05) is 42.7 Å². The Morgan fingerprint density at radius 2 is 2.00 bits per heavy atom. The predicted molar refractivity (Wildman–Crippen MR) is 104 cm³/mol. The molecule has 140 valence electrons. The summed E-state index contributed by atoms with van der Waals surface area (Å²) in [7, 11) is 0. The Balaban J connectivity index is 1.34. The van der Waals surface area contributed by atoms with Crippen LogP contribution in [0.4, 0.5) is 10.5 Å². The predicted octanol–water partition coefficient (Wildman–Crippen LogP) is 3.81. The van der Waals surface area contributed by atoms with Crippen molar-refractivity contribution >= 4 is 29.4 Å². The van der Waals surface area contributed by atoms with Crippen molar-refractivity contribution in [2.75, 3.05) is 31.2 Å². The summed E-state index contributed by atoms with van der Waals surface area (Å²) < 4.78 is 0. The van der Waals surface area contributed by atoms with Crippen LogP contribution in [0.15, 0.2) is 29.2 Å². The summed E-state index contributed by atoms with van der Waals surface area (Å²) >= 11 is 1.67. The highest BCUT2D eigenvalue weighted by atomic mass is 32.2. The molecule has 1 aromatic carbocycles. The van der Waals surface area contributed by atoms with E-state index in [0.29, 0.717) is 18.4 Å². The van der Waals surface area contributed by atoms with E-state index in [0.717, 1.165) is 49.5 Å². The van der Waals surface area contributed by atoms with Gasteiger partial charge in [0.2, 0.25) is 5.91 Å². The van der Waals surface area contributed by atoms with Gasteiger partial charge in [0.25, 0.3) is 0 Å². The minimum Gasteiger partial charge on any atom is -0.339 e. The molecule has 2 saturated heterocycles. The molecule has 2 heterocycles. The third-order valence-electron chi connectivity index (χ3n) is 6.12. The number of amides is 3. The fraction of sp³-hybridized carbons (Fsp3) is 0.600. The summed E-state index contributed by atoms with van der Waals surface area (Å²) in [6, 6.07) is 8.45. The first-order valence-corrected chi connectivity index (χ1v) is 10.8. The molecule has 0 bridgehead atoms. The van der Waals surface area contributed by atoms with E-state index in [4.69, 9.17) is 0 Å². The Bertz CT molecular complexity index is 696. The zero-order valence-corrected chi connectivity index (χ0v) is 16.2.